The van der Waals surface area contributed by atoms with Crippen molar-refractivity contribution in [2.45, 2.75) is 24.5 Å². The van der Waals surface area contributed by atoms with Crippen molar-refractivity contribution in [1.29, 1.82) is 0 Å². The minimum absolute atomic E-state index is 0.00915. The number of carboxylic acid groups (broad SMARTS) is 1. The molecule has 10 N–H and O–H groups in total. The van der Waals surface area contributed by atoms with Gasteiger partial charge in [0.1, 0.15) is 49.6 Å². The maximum absolute atomic E-state index is 13.3. The number of ether oxygens (including phenoxy) is 1. The lowest BCUT2D eigenvalue weighted by Gasteiger charge is -2.19. The third kappa shape index (κ3) is 10.8. The van der Waals surface area contributed by atoms with Gasteiger partial charge < -0.3 is 60.0 Å². The molecule has 0 bridgehead atoms. The van der Waals surface area contributed by atoms with Crippen LogP contribution in [0.15, 0.2) is 70.0 Å². The molecule has 64 heavy (non-hydrogen) atoms. The van der Waals surface area contributed by atoms with Crippen molar-refractivity contribution in [3.05, 3.63) is 93.3 Å². The molecule has 27 heteroatoms. The fraction of sp³-hybridized carbons (Fsp3) is 0.270. The van der Waals surface area contributed by atoms with E-state index in [4.69, 9.17) is 24.7 Å². The number of nitrogens with zero attached hydrogens (tertiary/aromatic N) is 4. The van der Waals surface area contributed by atoms with Crippen LogP contribution in [-0.4, -0.2) is 116 Å². The summed E-state index contributed by atoms with van der Waals surface area (Å²) in [5.74, 6) is 3.35. The lowest BCUT2D eigenvalue weighted by atomic mass is 9.89. The number of aromatic nitrogens is 2. The van der Waals surface area contributed by atoms with Gasteiger partial charge in [-0.2, -0.15) is 13.6 Å². The van der Waals surface area contributed by atoms with Crippen molar-refractivity contribution in [2.75, 3.05) is 52.0 Å². The largest absolute Gasteiger partial charge is 0.490 e. The second kappa shape index (κ2) is 18.5. The van der Waals surface area contributed by atoms with E-state index in [1.807, 2.05) is 74.1 Å². The minimum Gasteiger partial charge on any atom is -0.478 e. The van der Waals surface area contributed by atoms with Crippen LogP contribution in [-0.2, 0) is 31.6 Å². The number of carbonyl (C=O) groups excluding carboxylic acids is 1. The second-order valence-corrected chi connectivity index (χ2v) is 18.8. The second-order valence-electron chi connectivity index (χ2n) is 14.3. The fourth-order valence-electron chi connectivity index (χ4n) is 6.49. The number of nitrogens with one attached hydrogen (secondary N) is 1. The number of rotatable bonds is 13. The Balaban J connectivity index is 1.20. The topological polar surface area (TPSA) is 356 Å². The van der Waals surface area contributed by atoms with Crippen molar-refractivity contribution in [1.82, 2.24) is 19.4 Å². The fourth-order valence-corrected chi connectivity index (χ4v) is 9.52. The SMILES string of the molecule is CN(C)c1ccc2c(-c3ccc(C(=O)NCC#Cc4cn([C@@H]5O[C@H](COP(=O)(O)OP(=O)(O)OP(=O)(O)O)[C@@H](O)[C@H]5O)c(=O)nc4N)cc3C(=O)O)c3ccc(=[N+](C)C)cc-3oc2c1. The van der Waals surface area contributed by atoms with Gasteiger partial charge in [0.2, 0.25) is 5.36 Å². The van der Waals surface area contributed by atoms with Crippen LogP contribution < -0.4 is 31.6 Å². The first-order chi connectivity index (χ1) is 29.8. The summed E-state index contributed by atoms with van der Waals surface area (Å²) >= 11 is 0. The van der Waals surface area contributed by atoms with Crippen molar-refractivity contribution in [3.63, 3.8) is 0 Å². The van der Waals surface area contributed by atoms with Crippen molar-refractivity contribution < 1.29 is 80.5 Å². The van der Waals surface area contributed by atoms with E-state index in [2.05, 4.69) is 35.3 Å². The van der Waals surface area contributed by atoms with Crippen molar-refractivity contribution in [3.8, 4) is 34.3 Å². The number of aliphatic hydroxyl groups is 2. The molecule has 3 aliphatic rings. The summed E-state index contributed by atoms with van der Waals surface area (Å²) < 4.78 is 60.6. The highest BCUT2D eigenvalue weighted by Crippen LogP contribution is 2.66. The molecular formula is C37H40N6O18P3+. The van der Waals surface area contributed by atoms with Crippen LogP contribution in [0, 0.1) is 11.8 Å². The van der Waals surface area contributed by atoms with Crippen LogP contribution in [0.2, 0.25) is 0 Å². The molecule has 0 spiro atoms. The van der Waals surface area contributed by atoms with Gasteiger partial charge in [0.05, 0.1) is 30.3 Å². The molecule has 2 aromatic carbocycles. The van der Waals surface area contributed by atoms with Crippen LogP contribution in [0.25, 0.3) is 33.4 Å². The molecule has 1 aliphatic carbocycles. The number of phosphoric ester groups is 1. The Morgan fingerprint density at radius 2 is 1.67 bits per heavy atom. The third-order valence-electron chi connectivity index (χ3n) is 9.47. The summed E-state index contributed by atoms with van der Waals surface area (Å²) in [6.07, 6.45) is -6.33. The predicted molar refractivity (Wildman–Crippen MR) is 225 cm³/mol. The highest BCUT2D eigenvalue weighted by Gasteiger charge is 2.47. The van der Waals surface area contributed by atoms with E-state index in [0.717, 1.165) is 17.2 Å². The molecule has 24 nitrogen and oxygen atoms in total. The number of hydrogen-bond acceptors (Lipinski definition) is 16. The number of amides is 1. The quantitative estimate of drug-likeness (QED) is 0.0342. The van der Waals surface area contributed by atoms with E-state index < -0.39 is 72.2 Å². The van der Waals surface area contributed by atoms with Gasteiger partial charge in [-0.1, -0.05) is 17.9 Å². The molecular weight excluding hydrogens is 909 g/mol. The van der Waals surface area contributed by atoms with E-state index in [1.54, 1.807) is 0 Å². The van der Waals surface area contributed by atoms with Crippen LogP contribution >= 0.6 is 23.5 Å². The smallest absolute Gasteiger partial charge is 0.478 e. The van der Waals surface area contributed by atoms with Gasteiger partial charge in [0, 0.05) is 60.2 Å². The number of aliphatic hydroxyl groups excluding tert-OH is 2. The van der Waals surface area contributed by atoms with Crippen LogP contribution in [0.5, 0.6) is 0 Å². The van der Waals surface area contributed by atoms with E-state index in [1.165, 1.54) is 18.2 Å². The summed E-state index contributed by atoms with van der Waals surface area (Å²) in [4.78, 5) is 80.8. The Morgan fingerprint density at radius 1 is 0.969 bits per heavy atom. The van der Waals surface area contributed by atoms with E-state index in [-0.39, 0.29) is 29.1 Å². The molecule has 0 saturated carbocycles. The zero-order valence-corrected chi connectivity index (χ0v) is 36.5. The monoisotopic (exact) mass is 949 g/mol. The molecule has 340 valence electrons. The number of anilines is 2. The Morgan fingerprint density at radius 3 is 2.33 bits per heavy atom. The lowest BCUT2D eigenvalue weighted by Crippen LogP contribution is -2.36. The van der Waals surface area contributed by atoms with Gasteiger partial charge in [-0.25, -0.2) is 27.9 Å². The molecule has 1 fully saturated rings. The van der Waals surface area contributed by atoms with Crippen molar-refractivity contribution in [2.24, 2.45) is 0 Å². The summed E-state index contributed by atoms with van der Waals surface area (Å²) in [5.41, 5.74) is 7.39. The Hall–Kier alpha value is -5.60. The van der Waals surface area contributed by atoms with Gasteiger partial charge in [-0.15, -0.1) is 0 Å². The first-order valence-corrected chi connectivity index (χ1v) is 22.9. The maximum atomic E-state index is 13.3. The maximum Gasteiger partial charge on any atom is 0.490 e. The number of carboxylic acids is 1. The zero-order valence-electron chi connectivity index (χ0n) is 33.8. The van der Waals surface area contributed by atoms with Crippen LogP contribution in [0.1, 0.15) is 32.5 Å². The molecule has 1 aromatic heterocycles. The van der Waals surface area contributed by atoms with E-state index in [9.17, 15) is 53.2 Å². The number of nitrogens with two attached hydrogens (primary N) is 1. The Labute approximate surface area is 361 Å². The van der Waals surface area contributed by atoms with Gasteiger partial charge in [-0.05, 0) is 35.9 Å². The molecule has 2 unspecified atom stereocenters. The number of fused-ring (bicyclic) bond motifs is 2. The molecule has 6 rings (SSSR count). The summed E-state index contributed by atoms with van der Waals surface area (Å²) in [7, 11) is -9.64. The third-order valence-corrected chi connectivity index (χ3v) is 13.3. The Kier molecular flexibility index (Phi) is 13.8. The lowest BCUT2D eigenvalue weighted by molar-refractivity contribution is -0.0541. The molecule has 3 heterocycles. The molecule has 3 aromatic rings. The number of nitrogen functional groups attached to an aromatic ring is 1. The average molecular weight is 950 g/mol. The van der Waals surface area contributed by atoms with E-state index >= 15 is 0 Å². The first kappa shape index (κ1) is 47.9. The number of benzene rings is 3. The number of phosphoric acid groups is 3. The Bertz CT molecular complexity index is 2990. The van der Waals surface area contributed by atoms with Crippen molar-refractivity contribution >= 4 is 57.8 Å². The zero-order chi connectivity index (χ0) is 47.1. The summed E-state index contributed by atoms with van der Waals surface area (Å²) in [6.45, 7) is -1.48. The average Bonchev–Trinajstić information content (AvgIpc) is 3.47. The molecule has 1 saturated heterocycles. The van der Waals surface area contributed by atoms with Gasteiger partial charge in [0.15, 0.2) is 6.23 Å². The first-order valence-electron chi connectivity index (χ1n) is 18.4. The number of aromatic carboxylic acids is 1. The van der Waals surface area contributed by atoms with Crippen LogP contribution in [0.4, 0.5) is 11.5 Å². The standard InChI is InChI=1S/C37H39N6O18P3/c1-41(2)21-8-11-24-27(15-21)58-28-16-22(42(3)4)9-12-25(28)30(24)23-10-7-19(14-26(23)36(47)48)34(46)39-13-5-6-20-17-43(37(49)40-33(20)38)35-32(45)31(44)29(59-35)18-57-63(53,54)61-64(55,56)60-62(50,51)52/h7-12,14-17,29,31-32,35,44-45H,13,18H2,1-4H3,(H7-,38,39,40,46,47,48,49,50,51,52,53,54,55,56)/p+1/t29-,31-,32-,35-/m1/s1. The minimum atomic E-state index is -5.86. The normalized spacial score (nSPS) is 19.3. The molecule has 0 radical (unpaired) electrons. The molecule has 6 atom stereocenters. The number of carbonyl (C=O) groups is 2. The number of hydrogen-bond donors (Lipinski definition) is 9. The predicted octanol–water partition coefficient (Wildman–Crippen LogP) is 0.883. The highest BCUT2D eigenvalue weighted by atomic mass is 31.3. The van der Waals surface area contributed by atoms with E-state index in [0.29, 0.717) is 38.0 Å². The summed E-state index contributed by atoms with van der Waals surface area (Å²) in [5, 5.41) is 35.6. The van der Waals surface area contributed by atoms with Crippen LogP contribution in [0.3, 0.4) is 0 Å². The van der Waals surface area contributed by atoms with Gasteiger partial charge >= 0.3 is 35.1 Å². The summed E-state index contributed by atoms with van der Waals surface area (Å²) in [6, 6.07) is 15.4. The molecule has 2 aliphatic heterocycles. The van der Waals surface area contributed by atoms with Gasteiger partial charge in [-0.3, -0.25) is 13.9 Å². The van der Waals surface area contributed by atoms with Gasteiger partial charge in [0.25, 0.3) is 5.91 Å². The highest BCUT2D eigenvalue weighted by molar-refractivity contribution is 7.66. The molecule has 1 amide bonds.